The molecule has 0 heterocycles. The van der Waals surface area contributed by atoms with Crippen LogP contribution in [0.1, 0.15) is 78.2 Å². The van der Waals surface area contributed by atoms with Gasteiger partial charge in [0.25, 0.3) is 0 Å². The van der Waals surface area contributed by atoms with Crippen molar-refractivity contribution in [2.24, 2.45) is 0 Å². The summed E-state index contributed by atoms with van der Waals surface area (Å²) in [4.78, 5) is 12.6. The van der Waals surface area contributed by atoms with Crippen LogP contribution in [-0.2, 0) is 22.7 Å². The minimum Gasteiger partial charge on any atom is -0.467 e. The Bertz CT molecular complexity index is 1380. The predicted octanol–water partition coefficient (Wildman–Crippen LogP) is 8.46. The number of Topliss-reactive ketones (excluding diaryl/α,β-unsaturated/α-hetero) is 1. The van der Waals surface area contributed by atoms with Crippen LogP contribution < -0.4 is 10.0 Å². The number of carbonyl (C=O) groups excluding carboxylic acids is 1. The molecule has 0 aromatic heterocycles. The molecule has 0 amide bonds. The Labute approximate surface area is 241 Å². The summed E-state index contributed by atoms with van der Waals surface area (Å²) in [5.41, 5.74) is 7.02. The molecule has 3 nitrogen and oxygen atoms in total. The van der Waals surface area contributed by atoms with Crippen LogP contribution in [0.2, 0.25) is 0 Å². The lowest BCUT2D eigenvalue weighted by Gasteiger charge is -2.36. The quantitative estimate of drug-likeness (QED) is 0.0894. The van der Waals surface area contributed by atoms with Gasteiger partial charge in [0.1, 0.15) is 5.75 Å². The average Bonchev–Trinajstić information content (AvgIpc) is 2.97. The molecule has 4 rings (SSSR count). The van der Waals surface area contributed by atoms with E-state index in [2.05, 4.69) is 98.8 Å². The maximum Gasteiger partial charge on any atom is 0.188 e. The molecule has 0 bridgehead atoms. The van der Waals surface area contributed by atoms with Gasteiger partial charge in [0.2, 0.25) is 0 Å². The molecular weight excluding hydrogens is 511 g/mol. The Morgan fingerprint density at radius 2 is 1.43 bits per heavy atom. The molecule has 40 heavy (non-hydrogen) atoms. The minimum atomic E-state index is -0.179. The topological polar surface area (TPSA) is 35.5 Å². The van der Waals surface area contributed by atoms with Crippen molar-refractivity contribution in [2.75, 3.05) is 13.9 Å². The highest BCUT2D eigenvalue weighted by atomic mass is 31.1. The molecule has 0 saturated heterocycles. The fourth-order valence-electron chi connectivity index (χ4n) is 5.58. The zero-order valence-corrected chi connectivity index (χ0v) is 25.2. The van der Waals surface area contributed by atoms with Gasteiger partial charge in [-0.25, -0.2) is 0 Å². The molecule has 208 valence electrons. The number of ketones is 1. The number of hydrogen-bond donors (Lipinski definition) is 0. The van der Waals surface area contributed by atoms with E-state index in [4.69, 9.17) is 9.47 Å². The first kappa shape index (κ1) is 29.7. The second kappa shape index (κ2) is 14.4. The molecule has 2 unspecified atom stereocenters. The molecule has 0 saturated carbocycles. The van der Waals surface area contributed by atoms with E-state index in [1.165, 1.54) is 27.8 Å². The summed E-state index contributed by atoms with van der Waals surface area (Å²) in [6.45, 7) is 6.38. The first-order valence-corrected chi connectivity index (χ1v) is 15.2. The molecule has 4 heteroatoms. The largest absolute Gasteiger partial charge is 0.467 e. The van der Waals surface area contributed by atoms with Crippen molar-refractivity contribution in [2.45, 2.75) is 58.0 Å². The molecule has 0 radical (unpaired) electrons. The third-order valence-corrected chi connectivity index (χ3v) is 9.57. The van der Waals surface area contributed by atoms with Crippen LogP contribution in [0.5, 0.6) is 5.75 Å². The lowest BCUT2D eigenvalue weighted by Crippen LogP contribution is -2.26. The predicted molar refractivity (Wildman–Crippen MR) is 169 cm³/mol. The summed E-state index contributed by atoms with van der Waals surface area (Å²) < 4.78 is 11.9. The molecule has 0 N–H and O–H groups in total. The third kappa shape index (κ3) is 7.27. The van der Waals surface area contributed by atoms with E-state index < -0.39 is 0 Å². The zero-order valence-electron chi connectivity index (χ0n) is 24.2. The van der Waals surface area contributed by atoms with Gasteiger partial charge in [-0.3, -0.25) is 4.79 Å². The lowest BCUT2D eigenvalue weighted by atomic mass is 9.85. The van der Waals surface area contributed by atoms with E-state index in [1.54, 1.807) is 14.0 Å². The number of rotatable bonds is 14. The van der Waals surface area contributed by atoms with Crippen molar-refractivity contribution in [1.29, 1.82) is 0 Å². The van der Waals surface area contributed by atoms with Gasteiger partial charge in [-0.15, -0.1) is 0 Å². The highest BCUT2D eigenvalue weighted by Gasteiger charge is 2.35. The van der Waals surface area contributed by atoms with Crippen molar-refractivity contribution in [3.63, 3.8) is 0 Å². The number of methoxy groups -OCH3 is 1. The first-order valence-electron chi connectivity index (χ1n) is 14.2. The van der Waals surface area contributed by atoms with Crippen molar-refractivity contribution in [1.82, 2.24) is 0 Å². The van der Waals surface area contributed by atoms with Gasteiger partial charge >= 0.3 is 0 Å². The van der Waals surface area contributed by atoms with Gasteiger partial charge in [-0.2, -0.15) is 0 Å². The Hall–Kier alpha value is -3.26. The number of carbonyl (C=O) groups is 1. The van der Waals surface area contributed by atoms with Gasteiger partial charge < -0.3 is 9.47 Å². The van der Waals surface area contributed by atoms with Crippen molar-refractivity contribution in [3.8, 4) is 5.75 Å². The van der Waals surface area contributed by atoms with Crippen molar-refractivity contribution >= 4 is 19.7 Å². The van der Waals surface area contributed by atoms with Gasteiger partial charge in [-0.05, 0) is 53.7 Å². The van der Waals surface area contributed by atoms with Crippen LogP contribution in [0.4, 0.5) is 0 Å². The second-order valence-corrected chi connectivity index (χ2v) is 12.2. The summed E-state index contributed by atoms with van der Waals surface area (Å²) in [5.74, 6) is 1.04. The SMILES string of the molecule is CCCC(CC)(Pc1ccccc1C(C)=O)c1cc(Cc2ccccc2)cc(Cc2ccccc2)c1OCOC. The molecule has 4 aromatic carbocycles. The average molecular weight is 553 g/mol. The normalized spacial score (nSPS) is 12.9. The fraction of sp³-hybridized carbons (Fsp3) is 0.306. The monoisotopic (exact) mass is 552 g/mol. The van der Waals surface area contributed by atoms with Crippen LogP contribution in [-0.4, -0.2) is 19.7 Å². The van der Waals surface area contributed by atoms with E-state index in [-0.39, 0.29) is 17.7 Å². The summed E-state index contributed by atoms with van der Waals surface area (Å²) in [6.07, 6.45) is 4.59. The van der Waals surface area contributed by atoms with Gasteiger partial charge in [0.15, 0.2) is 12.6 Å². The smallest absolute Gasteiger partial charge is 0.188 e. The molecule has 0 aliphatic rings. The molecular formula is C36H41O3P. The third-order valence-electron chi connectivity index (χ3n) is 7.51. The molecule has 2 atom stereocenters. The van der Waals surface area contributed by atoms with Crippen LogP contribution in [0.3, 0.4) is 0 Å². The molecule has 4 aromatic rings. The number of benzene rings is 4. The minimum absolute atomic E-state index is 0.114. The number of hydrogen-bond acceptors (Lipinski definition) is 3. The summed E-state index contributed by atoms with van der Waals surface area (Å²) in [7, 11) is 2.10. The van der Waals surface area contributed by atoms with Gasteiger partial charge in [0, 0.05) is 29.8 Å². The maximum atomic E-state index is 12.6. The van der Waals surface area contributed by atoms with Gasteiger partial charge in [-0.1, -0.05) is 126 Å². The summed E-state index contributed by atoms with van der Waals surface area (Å²) in [5, 5.41) is 0.947. The van der Waals surface area contributed by atoms with Crippen LogP contribution in [0.15, 0.2) is 97.1 Å². The summed E-state index contributed by atoms with van der Waals surface area (Å²) in [6, 6.07) is 34.0. The van der Waals surface area contributed by atoms with Gasteiger partial charge in [0.05, 0.1) is 0 Å². The lowest BCUT2D eigenvalue weighted by molar-refractivity contribution is 0.0492. The summed E-state index contributed by atoms with van der Waals surface area (Å²) >= 11 is 0. The molecule has 0 spiro atoms. The fourth-order valence-corrected chi connectivity index (χ4v) is 7.54. The zero-order chi connectivity index (χ0) is 28.4. The molecule has 0 aliphatic carbocycles. The maximum absolute atomic E-state index is 12.6. The first-order chi connectivity index (χ1) is 19.5. The Morgan fingerprint density at radius 3 is 2.02 bits per heavy atom. The highest BCUT2D eigenvalue weighted by molar-refractivity contribution is 7.48. The van der Waals surface area contributed by atoms with Crippen molar-refractivity contribution < 1.29 is 14.3 Å². The van der Waals surface area contributed by atoms with Crippen molar-refractivity contribution in [3.05, 3.63) is 130 Å². The van der Waals surface area contributed by atoms with Crippen LogP contribution >= 0.6 is 8.58 Å². The molecule has 0 fully saturated rings. The van der Waals surface area contributed by atoms with E-state index in [0.29, 0.717) is 8.58 Å². The standard InChI is InChI=1S/C36H41O3P/c1-5-21-36(6-2,40-34-20-14-13-19-32(34)27(3)37)33-25-30(22-28-15-9-7-10-16-28)24-31(35(33)39-26-38-4)23-29-17-11-8-12-18-29/h7-20,24-25,40H,5-6,21-23,26H2,1-4H3. The second-order valence-electron chi connectivity index (χ2n) is 10.4. The van der Waals surface area contributed by atoms with E-state index in [1.807, 2.05) is 12.1 Å². The molecule has 0 aliphatic heterocycles. The van der Waals surface area contributed by atoms with E-state index >= 15 is 0 Å². The Morgan fingerprint density at radius 1 is 0.800 bits per heavy atom. The number of ether oxygens (including phenoxy) is 2. The Balaban J connectivity index is 1.94. The van der Waals surface area contributed by atoms with E-state index in [0.717, 1.165) is 48.7 Å². The Kier molecular flexibility index (Phi) is 10.7. The van der Waals surface area contributed by atoms with Crippen LogP contribution in [0, 0.1) is 0 Å². The van der Waals surface area contributed by atoms with E-state index in [9.17, 15) is 4.79 Å². The highest BCUT2D eigenvalue weighted by Crippen LogP contribution is 2.52. The van der Waals surface area contributed by atoms with Crippen LogP contribution in [0.25, 0.3) is 0 Å².